The molecule has 40 heavy (non-hydrogen) atoms. The quantitative estimate of drug-likeness (QED) is 0.212. The van der Waals surface area contributed by atoms with Crippen molar-refractivity contribution in [2.75, 3.05) is 0 Å². The first-order valence-electron chi connectivity index (χ1n) is 13.6. The van der Waals surface area contributed by atoms with Gasteiger partial charge in [-0.3, -0.25) is 0 Å². The van der Waals surface area contributed by atoms with Crippen LogP contribution in [0.4, 0.5) is 0 Å². The first kappa shape index (κ1) is 25.2. The highest BCUT2D eigenvalue weighted by Crippen LogP contribution is 2.40. The number of hydrogen-bond donors (Lipinski definition) is 0. The van der Waals surface area contributed by atoms with Crippen molar-refractivity contribution in [3.05, 3.63) is 103 Å². The number of fused-ring (bicyclic) bond motifs is 3. The van der Waals surface area contributed by atoms with Crippen molar-refractivity contribution in [2.24, 2.45) is 0 Å². The maximum absolute atomic E-state index is 6.32. The van der Waals surface area contributed by atoms with Gasteiger partial charge in [-0.25, -0.2) is 9.97 Å². The number of thiophene rings is 1. The zero-order chi connectivity index (χ0) is 27.5. The normalized spacial score (nSPS) is 16.1. The molecule has 0 radical (unpaired) electrons. The van der Waals surface area contributed by atoms with Gasteiger partial charge in [0.05, 0.1) is 27.1 Å². The second-order valence-electron chi connectivity index (χ2n) is 11.3. The second kappa shape index (κ2) is 9.38. The summed E-state index contributed by atoms with van der Waals surface area (Å²) in [7, 11) is -0.404. The smallest absolute Gasteiger partial charge is 0.399 e. The van der Waals surface area contributed by atoms with Crippen LogP contribution in [0.3, 0.4) is 0 Å². The Morgan fingerprint density at radius 3 is 2.02 bits per heavy atom. The summed E-state index contributed by atoms with van der Waals surface area (Å²) >= 11 is 1.75. The predicted molar refractivity (Wildman–Crippen MR) is 167 cm³/mol. The lowest BCUT2D eigenvalue weighted by Gasteiger charge is -2.32. The van der Waals surface area contributed by atoms with Crippen molar-refractivity contribution in [1.29, 1.82) is 0 Å². The van der Waals surface area contributed by atoms with E-state index in [2.05, 4.69) is 125 Å². The number of nitrogens with zero attached hydrogens (tertiary/aromatic N) is 2. The molecule has 196 valence electrons. The molecular formula is C34H29BN2O2S. The lowest BCUT2D eigenvalue weighted by atomic mass is 9.78. The third-order valence-electron chi connectivity index (χ3n) is 8.13. The molecule has 0 aliphatic carbocycles. The molecule has 1 aliphatic heterocycles. The molecule has 0 bridgehead atoms. The average molecular weight is 540 g/mol. The van der Waals surface area contributed by atoms with Crippen LogP contribution in [0.5, 0.6) is 0 Å². The van der Waals surface area contributed by atoms with Crippen LogP contribution in [0.15, 0.2) is 103 Å². The van der Waals surface area contributed by atoms with Crippen molar-refractivity contribution in [3.8, 4) is 33.8 Å². The van der Waals surface area contributed by atoms with Crippen LogP contribution in [0.2, 0.25) is 0 Å². The molecule has 0 amide bonds. The third-order valence-corrected chi connectivity index (χ3v) is 9.30. The van der Waals surface area contributed by atoms with Gasteiger partial charge in [0.1, 0.15) is 0 Å². The fourth-order valence-electron chi connectivity index (χ4n) is 5.19. The van der Waals surface area contributed by atoms with Gasteiger partial charge in [0.25, 0.3) is 0 Å². The number of rotatable bonds is 4. The van der Waals surface area contributed by atoms with Crippen molar-refractivity contribution >= 4 is 44.2 Å². The molecular weight excluding hydrogens is 511 g/mol. The Morgan fingerprint density at radius 2 is 1.25 bits per heavy atom. The van der Waals surface area contributed by atoms with Crippen molar-refractivity contribution < 1.29 is 9.31 Å². The van der Waals surface area contributed by atoms with E-state index in [0.29, 0.717) is 0 Å². The van der Waals surface area contributed by atoms with Crippen LogP contribution in [0, 0.1) is 0 Å². The lowest BCUT2D eigenvalue weighted by Crippen LogP contribution is -2.41. The van der Waals surface area contributed by atoms with Crippen LogP contribution in [-0.2, 0) is 9.31 Å². The van der Waals surface area contributed by atoms with Crippen LogP contribution in [-0.4, -0.2) is 28.3 Å². The zero-order valence-corrected chi connectivity index (χ0v) is 23.8. The molecule has 7 rings (SSSR count). The molecule has 0 N–H and O–H groups in total. The summed E-state index contributed by atoms with van der Waals surface area (Å²) in [5.74, 6) is 0.721. The molecule has 6 heteroatoms. The van der Waals surface area contributed by atoms with Gasteiger partial charge in [-0.15, -0.1) is 11.3 Å². The third kappa shape index (κ3) is 4.24. The van der Waals surface area contributed by atoms with Gasteiger partial charge in [-0.2, -0.15) is 0 Å². The summed E-state index contributed by atoms with van der Waals surface area (Å²) in [5, 5.41) is 1.16. The number of aromatic nitrogens is 2. The van der Waals surface area contributed by atoms with Crippen molar-refractivity contribution in [3.63, 3.8) is 0 Å². The van der Waals surface area contributed by atoms with Gasteiger partial charge in [0.15, 0.2) is 5.82 Å². The molecule has 1 aliphatic rings. The van der Waals surface area contributed by atoms with E-state index in [1.807, 2.05) is 6.07 Å². The summed E-state index contributed by atoms with van der Waals surface area (Å²) in [5.41, 5.74) is 6.47. The highest BCUT2D eigenvalue weighted by molar-refractivity contribution is 7.26. The van der Waals surface area contributed by atoms with Crippen LogP contribution in [0.25, 0.3) is 54.1 Å². The minimum Gasteiger partial charge on any atom is -0.399 e. The molecule has 0 unspecified atom stereocenters. The first-order chi connectivity index (χ1) is 19.3. The van der Waals surface area contributed by atoms with Crippen molar-refractivity contribution in [2.45, 2.75) is 38.9 Å². The molecule has 1 saturated heterocycles. The van der Waals surface area contributed by atoms with Gasteiger partial charge in [-0.05, 0) is 56.4 Å². The Kier molecular flexibility index (Phi) is 5.90. The molecule has 6 aromatic rings. The molecule has 1 fully saturated rings. The van der Waals surface area contributed by atoms with E-state index in [9.17, 15) is 0 Å². The summed E-state index contributed by atoms with van der Waals surface area (Å²) < 4.78 is 15.0. The summed E-state index contributed by atoms with van der Waals surface area (Å²) in [6.07, 6.45) is 0. The Labute approximate surface area is 238 Å². The molecule has 4 nitrogen and oxygen atoms in total. The van der Waals surface area contributed by atoms with Crippen molar-refractivity contribution in [1.82, 2.24) is 9.97 Å². The fourth-order valence-corrected chi connectivity index (χ4v) is 6.35. The van der Waals surface area contributed by atoms with E-state index in [1.165, 1.54) is 4.70 Å². The van der Waals surface area contributed by atoms with Crippen LogP contribution in [0.1, 0.15) is 27.7 Å². The second-order valence-corrected chi connectivity index (χ2v) is 12.4. The van der Waals surface area contributed by atoms with Gasteiger partial charge in [-0.1, -0.05) is 91.0 Å². The summed E-state index contributed by atoms with van der Waals surface area (Å²) in [6.45, 7) is 8.32. The standard InChI is InChI=1S/C34H29BN2O2S/c1-33(2)34(3,4)39-35(38-33)26-17-11-15-24(21-26)23-14-10-16-25(20-23)32-36-29(22-12-6-5-7-13-22)31-30(37-32)27-18-8-9-19-28(27)40-31/h5-21H,1-4H3. The van der Waals surface area contributed by atoms with Gasteiger partial charge in [0.2, 0.25) is 0 Å². The summed E-state index contributed by atoms with van der Waals surface area (Å²) in [6, 6.07) is 35.7. The van der Waals surface area contributed by atoms with Crippen LogP contribution < -0.4 is 5.46 Å². The monoisotopic (exact) mass is 540 g/mol. The fraction of sp³-hybridized carbons (Fsp3) is 0.176. The average Bonchev–Trinajstić information content (AvgIpc) is 3.45. The Balaban J connectivity index is 1.33. The molecule has 0 spiro atoms. The molecule has 0 atom stereocenters. The van der Waals surface area contributed by atoms with E-state index < -0.39 is 7.12 Å². The van der Waals surface area contributed by atoms with Gasteiger partial charge in [0, 0.05) is 21.2 Å². The summed E-state index contributed by atoms with van der Waals surface area (Å²) in [4.78, 5) is 10.3. The zero-order valence-electron chi connectivity index (χ0n) is 23.0. The predicted octanol–water partition coefficient (Wildman–Crippen LogP) is 8.14. The van der Waals surface area contributed by atoms with E-state index in [4.69, 9.17) is 19.3 Å². The molecule has 0 saturated carbocycles. The molecule has 4 aromatic carbocycles. The van der Waals surface area contributed by atoms with Gasteiger partial charge >= 0.3 is 7.12 Å². The SMILES string of the molecule is CC1(C)OB(c2cccc(-c3cccc(-c4nc(-c5ccccc5)c5sc6ccccc6c5n4)c3)c2)OC1(C)C. The Morgan fingerprint density at radius 1 is 0.625 bits per heavy atom. The maximum atomic E-state index is 6.32. The molecule has 2 aromatic heterocycles. The van der Waals surface area contributed by atoms with E-state index in [1.54, 1.807) is 11.3 Å². The Hall–Kier alpha value is -3.84. The lowest BCUT2D eigenvalue weighted by molar-refractivity contribution is 0.00578. The minimum absolute atomic E-state index is 0.383. The number of hydrogen-bond acceptors (Lipinski definition) is 5. The highest BCUT2D eigenvalue weighted by atomic mass is 32.1. The topological polar surface area (TPSA) is 44.2 Å². The van der Waals surface area contributed by atoms with E-state index in [0.717, 1.165) is 54.8 Å². The Bertz CT molecular complexity index is 1860. The van der Waals surface area contributed by atoms with E-state index >= 15 is 0 Å². The molecule has 3 heterocycles. The van der Waals surface area contributed by atoms with Crippen LogP contribution >= 0.6 is 11.3 Å². The first-order valence-corrected chi connectivity index (χ1v) is 14.4. The largest absolute Gasteiger partial charge is 0.494 e. The minimum atomic E-state index is -0.404. The highest BCUT2D eigenvalue weighted by Gasteiger charge is 2.51. The maximum Gasteiger partial charge on any atom is 0.494 e. The number of benzene rings is 4. The van der Waals surface area contributed by atoms with E-state index in [-0.39, 0.29) is 11.2 Å². The van der Waals surface area contributed by atoms with Gasteiger partial charge < -0.3 is 9.31 Å².